The molecule has 1 aromatic carbocycles. The summed E-state index contributed by atoms with van der Waals surface area (Å²) in [5.41, 5.74) is 1.45. The summed E-state index contributed by atoms with van der Waals surface area (Å²) in [5.74, 6) is -0.266. The molecule has 1 heterocycles. The zero-order valence-electron chi connectivity index (χ0n) is 7.50. The third-order valence-electron chi connectivity index (χ3n) is 1.86. The summed E-state index contributed by atoms with van der Waals surface area (Å²) in [7, 11) is 0. The second-order valence-corrected chi connectivity index (χ2v) is 3.64. The van der Waals surface area contributed by atoms with Crippen LogP contribution in [0, 0.1) is 11.9 Å². The summed E-state index contributed by atoms with van der Waals surface area (Å²) in [6.45, 7) is 1.86. The summed E-state index contributed by atoms with van der Waals surface area (Å²) in [4.78, 5) is 5.25. The first-order chi connectivity index (χ1) is 6.66. The third-order valence-corrected chi connectivity index (χ3v) is 2.39. The summed E-state index contributed by atoms with van der Waals surface area (Å²) in [6.07, 6.45) is 2.94. The number of benzene rings is 1. The van der Waals surface area contributed by atoms with Gasteiger partial charge in [-0.3, -0.25) is 4.84 Å². The Labute approximate surface area is 90.3 Å². The number of hydroxylamine groups is 1. The highest BCUT2D eigenvalue weighted by Crippen LogP contribution is 2.29. The van der Waals surface area contributed by atoms with Crippen molar-refractivity contribution in [3.05, 3.63) is 41.7 Å². The first kappa shape index (κ1) is 9.68. The Kier molecular flexibility index (Phi) is 2.56. The maximum Gasteiger partial charge on any atom is 0.123 e. The molecule has 0 saturated heterocycles. The second kappa shape index (κ2) is 3.71. The predicted octanol–water partition coefficient (Wildman–Crippen LogP) is 2.92. The minimum absolute atomic E-state index is 0.118. The SMILES string of the molecule is CC1[C]=C(c2cccc(F)c2)N(Br)O1. The molecule has 1 atom stereocenters. The first-order valence-electron chi connectivity index (χ1n) is 4.19. The van der Waals surface area contributed by atoms with Crippen LogP contribution in [0.1, 0.15) is 12.5 Å². The van der Waals surface area contributed by atoms with Crippen LogP contribution in [0.5, 0.6) is 0 Å². The molecule has 2 nitrogen and oxygen atoms in total. The van der Waals surface area contributed by atoms with Crippen molar-refractivity contribution in [2.75, 3.05) is 0 Å². The van der Waals surface area contributed by atoms with Crippen LogP contribution in [-0.4, -0.2) is 10.2 Å². The summed E-state index contributed by atoms with van der Waals surface area (Å²) in [6, 6.07) is 6.31. The molecule has 0 bridgehead atoms. The van der Waals surface area contributed by atoms with Crippen LogP contribution < -0.4 is 0 Å². The molecule has 0 aliphatic carbocycles. The van der Waals surface area contributed by atoms with Gasteiger partial charge in [-0.05, 0) is 19.1 Å². The van der Waals surface area contributed by atoms with Crippen molar-refractivity contribution < 1.29 is 9.23 Å². The summed E-state index contributed by atoms with van der Waals surface area (Å²) in [5, 5.41) is 0. The molecule has 1 aliphatic rings. The highest BCUT2D eigenvalue weighted by molar-refractivity contribution is 9.07. The van der Waals surface area contributed by atoms with Crippen LogP contribution in [0.25, 0.3) is 5.70 Å². The normalized spacial score (nSPS) is 21.2. The molecule has 2 rings (SSSR count). The minimum Gasteiger partial charge on any atom is -0.255 e. The van der Waals surface area contributed by atoms with E-state index in [0.717, 1.165) is 5.56 Å². The van der Waals surface area contributed by atoms with E-state index in [9.17, 15) is 4.39 Å². The molecule has 4 heteroatoms. The van der Waals surface area contributed by atoms with Crippen molar-refractivity contribution in [3.8, 4) is 0 Å². The largest absolute Gasteiger partial charge is 0.255 e. The lowest BCUT2D eigenvalue weighted by atomic mass is 10.1. The first-order valence-corrected chi connectivity index (χ1v) is 4.90. The molecule has 1 radical (unpaired) electrons. The molecular formula is C10H8BrFNO. The van der Waals surface area contributed by atoms with Gasteiger partial charge < -0.3 is 0 Å². The minimum atomic E-state index is -0.266. The van der Waals surface area contributed by atoms with E-state index >= 15 is 0 Å². The smallest absolute Gasteiger partial charge is 0.123 e. The van der Waals surface area contributed by atoms with Crippen molar-refractivity contribution in [1.82, 2.24) is 4.09 Å². The van der Waals surface area contributed by atoms with Crippen LogP contribution in [0.3, 0.4) is 0 Å². The van der Waals surface area contributed by atoms with E-state index in [1.165, 1.54) is 16.2 Å². The molecule has 1 aromatic rings. The molecule has 0 saturated carbocycles. The van der Waals surface area contributed by atoms with E-state index in [-0.39, 0.29) is 11.9 Å². The Morgan fingerprint density at radius 3 is 2.93 bits per heavy atom. The van der Waals surface area contributed by atoms with Crippen molar-refractivity contribution >= 4 is 21.8 Å². The Hall–Kier alpha value is -0.870. The van der Waals surface area contributed by atoms with Crippen molar-refractivity contribution in [1.29, 1.82) is 0 Å². The topological polar surface area (TPSA) is 12.5 Å². The zero-order valence-corrected chi connectivity index (χ0v) is 9.08. The Morgan fingerprint density at radius 2 is 2.36 bits per heavy atom. The fourth-order valence-electron chi connectivity index (χ4n) is 1.28. The predicted molar refractivity (Wildman–Crippen MR) is 54.4 cm³/mol. The van der Waals surface area contributed by atoms with Gasteiger partial charge in [0.1, 0.15) is 11.9 Å². The van der Waals surface area contributed by atoms with Gasteiger partial charge in [0.2, 0.25) is 0 Å². The van der Waals surface area contributed by atoms with E-state index in [0.29, 0.717) is 5.70 Å². The number of hydrogen-bond acceptors (Lipinski definition) is 2. The molecule has 73 valence electrons. The van der Waals surface area contributed by atoms with Gasteiger partial charge in [-0.1, -0.05) is 12.1 Å². The molecule has 0 amide bonds. The summed E-state index contributed by atoms with van der Waals surface area (Å²) >= 11 is 3.20. The number of hydrogen-bond donors (Lipinski definition) is 0. The van der Waals surface area contributed by atoms with E-state index in [2.05, 4.69) is 22.2 Å². The number of nitrogens with zero attached hydrogens (tertiary/aromatic N) is 1. The van der Waals surface area contributed by atoms with Gasteiger partial charge in [-0.15, -0.1) is 0 Å². The number of halogens is 2. The molecule has 1 unspecified atom stereocenters. The van der Waals surface area contributed by atoms with Crippen LogP contribution in [0.2, 0.25) is 0 Å². The van der Waals surface area contributed by atoms with Gasteiger partial charge in [0.25, 0.3) is 0 Å². The van der Waals surface area contributed by atoms with E-state index in [4.69, 9.17) is 4.84 Å². The maximum atomic E-state index is 12.9. The van der Waals surface area contributed by atoms with E-state index < -0.39 is 0 Å². The van der Waals surface area contributed by atoms with Gasteiger partial charge in [0.15, 0.2) is 0 Å². The third kappa shape index (κ3) is 1.81. The van der Waals surface area contributed by atoms with Crippen LogP contribution in [0.15, 0.2) is 24.3 Å². The van der Waals surface area contributed by atoms with Crippen molar-refractivity contribution in [2.45, 2.75) is 13.0 Å². The van der Waals surface area contributed by atoms with E-state index in [1.807, 2.05) is 6.92 Å². The lowest BCUT2D eigenvalue weighted by molar-refractivity contribution is -0.0323. The van der Waals surface area contributed by atoms with Gasteiger partial charge in [-0.25, -0.2) is 4.39 Å². The fraction of sp³-hybridized carbons (Fsp3) is 0.200. The standard InChI is InChI=1S/C10H8BrFNO/c1-7-5-10(13(11)14-7)8-3-2-4-9(12)6-8/h2-4,6-7H,1H3. The average Bonchev–Trinajstić information content (AvgIpc) is 2.45. The molecule has 14 heavy (non-hydrogen) atoms. The van der Waals surface area contributed by atoms with Crippen LogP contribution >= 0.6 is 16.1 Å². The molecule has 1 aliphatic heterocycles. The summed E-state index contributed by atoms with van der Waals surface area (Å²) < 4.78 is 14.4. The highest BCUT2D eigenvalue weighted by Gasteiger charge is 2.21. The Bertz CT molecular complexity index is 380. The van der Waals surface area contributed by atoms with Crippen LogP contribution in [-0.2, 0) is 4.84 Å². The second-order valence-electron chi connectivity index (χ2n) is 3.00. The average molecular weight is 257 g/mol. The van der Waals surface area contributed by atoms with Gasteiger partial charge in [0.05, 0.1) is 21.8 Å². The lowest BCUT2D eigenvalue weighted by Gasteiger charge is -2.12. The van der Waals surface area contributed by atoms with Crippen molar-refractivity contribution in [3.63, 3.8) is 0 Å². The van der Waals surface area contributed by atoms with Crippen LogP contribution in [0.4, 0.5) is 4.39 Å². The number of rotatable bonds is 1. The highest BCUT2D eigenvalue weighted by atomic mass is 79.9. The maximum absolute atomic E-state index is 12.9. The van der Waals surface area contributed by atoms with Gasteiger partial charge in [-0.2, -0.15) is 4.09 Å². The monoisotopic (exact) mass is 256 g/mol. The lowest BCUT2D eigenvalue weighted by Crippen LogP contribution is -2.07. The molecule has 0 aromatic heterocycles. The Morgan fingerprint density at radius 1 is 1.57 bits per heavy atom. The van der Waals surface area contributed by atoms with Gasteiger partial charge in [0, 0.05) is 11.6 Å². The van der Waals surface area contributed by atoms with Gasteiger partial charge >= 0.3 is 0 Å². The molecule has 0 fully saturated rings. The fourth-order valence-corrected chi connectivity index (χ4v) is 1.84. The van der Waals surface area contributed by atoms with E-state index in [1.54, 1.807) is 12.1 Å². The quantitative estimate of drug-likeness (QED) is 0.717. The zero-order chi connectivity index (χ0) is 10.1. The van der Waals surface area contributed by atoms with Crippen molar-refractivity contribution in [2.24, 2.45) is 0 Å². The Balaban J connectivity index is 2.36. The molecule has 0 N–H and O–H groups in total. The molecule has 0 spiro atoms. The molecular weight excluding hydrogens is 249 g/mol.